The fraction of sp³-hybridized carbons (Fsp3) is 0.647. The predicted octanol–water partition coefficient (Wildman–Crippen LogP) is 2.08. The van der Waals surface area contributed by atoms with Crippen LogP contribution in [0.4, 0.5) is 0 Å². The summed E-state index contributed by atoms with van der Waals surface area (Å²) in [5, 5.41) is 14.1. The van der Waals surface area contributed by atoms with E-state index in [1.165, 1.54) is 10.4 Å². The maximum absolute atomic E-state index is 12.3. The zero-order valence-electron chi connectivity index (χ0n) is 13.9. The zero-order valence-corrected chi connectivity index (χ0v) is 14.7. The maximum atomic E-state index is 12.3. The number of nitrogens with one attached hydrogen (secondary N) is 1. The lowest BCUT2D eigenvalue weighted by molar-refractivity contribution is -0.134. The van der Waals surface area contributed by atoms with Crippen LogP contribution in [0, 0.1) is 0 Å². The van der Waals surface area contributed by atoms with Gasteiger partial charge in [0.05, 0.1) is 0 Å². The molecule has 23 heavy (non-hydrogen) atoms. The molecule has 0 spiro atoms. The summed E-state index contributed by atoms with van der Waals surface area (Å²) >= 11 is 1.75. The zero-order chi connectivity index (χ0) is 16.9. The molecule has 0 fully saturated rings. The first-order valence-electron chi connectivity index (χ1n) is 8.22. The molecule has 0 saturated carbocycles. The van der Waals surface area contributed by atoms with E-state index in [4.69, 9.17) is 5.11 Å². The lowest BCUT2D eigenvalue weighted by Crippen LogP contribution is -2.46. The molecule has 5 nitrogen and oxygen atoms in total. The third-order valence-electron chi connectivity index (χ3n) is 4.61. The Balaban J connectivity index is 1.79. The average Bonchev–Trinajstić information content (AvgIpc) is 3.00. The van der Waals surface area contributed by atoms with E-state index in [2.05, 4.69) is 16.8 Å². The molecular formula is C17H26N2O3S. The van der Waals surface area contributed by atoms with Crippen LogP contribution in [-0.2, 0) is 22.6 Å². The molecule has 0 saturated heterocycles. The first-order chi connectivity index (χ1) is 11.0. The van der Waals surface area contributed by atoms with Crippen LogP contribution in [-0.4, -0.2) is 40.5 Å². The highest BCUT2D eigenvalue weighted by Crippen LogP contribution is 2.24. The van der Waals surface area contributed by atoms with Crippen molar-refractivity contribution in [3.8, 4) is 0 Å². The van der Waals surface area contributed by atoms with E-state index in [0.29, 0.717) is 13.0 Å². The second-order valence-electron chi connectivity index (χ2n) is 6.37. The third-order valence-corrected chi connectivity index (χ3v) is 5.63. The molecule has 2 heterocycles. The van der Waals surface area contributed by atoms with Crippen LogP contribution >= 0.6 is 11.3 Å². The number of fused-ring (bicyclic) bond motifs is 1. The Hall–Kier alpha value is -1.40. The molecule has 1 aromatic rings. The summed E-state index contributed by atoms with van der Waals surface area (Å²) in [5.41, 5.74) is 0.839. The van der Waals surface area contributed by atoms with E-state index in [1.807, 2.05) is 18.7 Å². The van der Waals surface area contributed by atoms with E-state index >= 15 is 0 Å². The largest absolute Gasteiger partial charge is 0.396 e. The summed E-state index contributed by atoms with van der Waals surface area (Å²) < 4.78 is 0. The van der Waals surface area contributed by atoms with Gasteiger partial charge in [-0.2, -0.15) is 0 Å². The second-order valence-corrected chi connectivity index (χ2v) is 7.37. The Kier molecular flexibility index (Phi) is 6.18. The lowest BCUT2D eigenvalue weighted by Gasteiger charge is -2.29. The molecule has 2 N–H and O–H groups in total. The van der Waals surface area contributed by atoms with Gasteiger partial charge in [-0.25, -0.2) is 0 Å². The van der Waals surface area contributed by atoms with Crippen molar-refractivity contribution >= 4 is 23.2 Å². The molecule has 0 radical (unpaired) electrons. The summed E-state index contributed by atoms with van der Waals surface area (Å²) in [6.07, 6.45) is 2.63. The summed E-state index contributed by atoms with van der Waals surface area (Å²) in [6, 6.07) is 2.08. The molecule has 1 aliphatic heterocycles. The maximum Gasteiger partial charge on any atom is 0.223 e. The minimum absolute atomic E-state index is 0.0392. The van der Waals surface area contributed by atoms with Gasteiger partial charge in [-0.3, -0.25) is 9.59 Å². The minimum atomic E-state index is -0.397. The summed E-state index contributed by atoms with van der Waals surface area (Å²) in [4.78, 5) is 27.6. The Morgan fingerprint density at radius 2 is 2.22 bits per heavy atom. The minimum Gasteiger partial charge on any atom is -0.396 e. The van der Waals surface area contributed by atoms with E-state index in [0.717, 1.165) is 19.4 Å². The van der Waals surface area contributed by atoms with Crippen LogP contribution in [0.25, 0.3) is 0 Å². The SMILES string of the molecule is CCC(C)(CCO)NC(=O)CCC(=O)N1CCc2sccc2C1. The quantitative estimate of drug-likeness (QED) is 0.800. The van der Waals surface area contributed by atoms with Crippen molar-refractivity contribution in [1.82, 2.24) is 10.2 Å². The number of carbonyl (C=O) groups excluding carboxylic acids is 2. The molecule has 128 valence electrons. The molecular weight excluding hydrogens is 312 g/mol. The number of hydrogen-bond donors (Lipinski definition) is 2. The van der Waals surface area contributed by atoms with E-state index < -0.39 is 5.54 Å². The molecule has 1 aromatic heterocycles. The molecule has 1 unspecified atom stereocenters. The van der Waals surface area contributed by atoms with Crippen LogP contribution < -0.4 is 5.32 Å². The molecule has 2 rings (SSSR count). The van der Waals surface area contributed by atoms with Gasteiger partial charge >= 0.3 is 0 Å². The van der Waals surface area contributed by atoms with E-state index in [1.54, 1.807) is 11.3 Å². The topological polar surface area (TPSA) is 69.6 Å². The molecule has 0 aliphatic carbocycles. The number of aliphatic hydroxyl groups excluding tert-OH is 1. The highest BCUT2D eigenvalue weighted by Gasteiger charge is 2.25. The van der Waals surface area contributed by atoms with Gasteiger partial charge in [0.1, 0.15) is 0 Å². The fourth-order valence-electron chi connectivity index (χ4n) is 2.81. The van der Waals surface area contributed by atoms with Gasteiger partial charge in [0, 0.05) is 43.0 Å². The van der Waals surface area contributed by atoms with Crippen LogP contribution in [0.3, 0.4) is 0 Å². The highest BCUT2D eigenvalue weighted by atomic mass is 32.1. The Labute approximate surface area is 141 Å². The summed E-state index contributed by atoms with van der Waals surface area (Å²) in [7, 11) is 0. The normalized spacial score (nSPS) is 16.6. The Morgan fingerprint density at radius 1 is 1.43 bits per heavy atom. The third kappa shape index (κ3) is 4.78. The van der Waals surface area contributed by atoms with Gasteiger partial charge in [0.2, 0.25) is 11.8 Å². The van der Waals surface area contributed by atoms with Crippen LogP contribution in [0.15, 0.2) is 11.4 Å². The fourth-order valence-corrected chi connectivity index (χ4v) is 3.70. The van der Waals surface area contributed by atoms with Gasteiger partial charge < -0.3 is 15.3 Å². The van der Waals surface area contributed by atoms with Gasteiger partial charge in [-0.15, -0.1) is 11.3 Å². The summed E-state index contributed by atoms with van der Waals surface area (Å²) in [6.45, 7) is 5.35. The number of amides is 2. The smallest absolute Gasteiger partial charge is 0.223 e. The molecule has 0 bridgehead atoms. The lowest BCUT2D eigenvalue weighted by atomic mass is 9.94. The van der Waals surface area contributed by atoms with Crippen LogP contribution in [0.1, 0.15) is 50.0 Å². The monoisotopic (exact) mass is 338 g/mol. The first kappa shape index (κ1) is 17.9. The van der Waals surface area contributed by atoms with Crippen molar-refractivity contribution in [2.45, 2.75) is 58.0 Å². The number of nitrogens with zero attached hydrogens (tertiary/aromatic N) is 1. The molecule has 1 atom stereocenters. The van der Waals surface area contributed by atoms with Gasteiger partial charge in [-0.05, 0) is 43.2 Å². The Bertz CT molecular complexity index is 558. The van der Waals surface area contributed by atoms with Gasteiger partial charge in [0.25, 0.3) is 0 Å². The van der Waals surface area contributed by atoms with Crippen molar-refractivity contribution in [1.29, 1.82) is 0 Å². The van der Waals surface area contributed by atoms with Crippen LogP contribution in [0.5, 0.6) is 0 Å². The van der Waals surface area contributed by atoms with Crippen molar-refractivity contribution in [2.75, 3.05) is 13.2 Å². The Morgan fingerprint density at radius 3 is 2.91 bits per heavy atom. The van der Waals surface area contributed by atoms with Crippen LogP contribution in [0.2, 0.25) is 0 Å². The molecule has 6 heteroatoms. The van der Waals surface area contributed by atoms with Crippen molar-refractivity contribution in [3.05, 3.63) is 21.9 Å². The standard InChI is InChI=1S/C17H26N2O3S/c1-3-17(2,8-10-20)18-15(21)4-5-16(22)19-9-6-14-13(12-19)7-11-23-14/h7,11,20H,3-6,8-10,12H2,1-2H3,(H,18,21). The molecule has 1 aliphatic rings. The number of rotatable bonds is 7. The van der Waals surface area contributed by atoms with Gasteiger partial charge in [-0.1, -0.05) is 6.92 Å². The molecule has 2 amide bonds. The first-order valence-corrected chi connectivity index (χ1v) is 9.10. The summed E-state index contributed by atoms with van der Waals surface area (Å²) in [5.74, 6) is -0.0817. The van der Waals surface area contributed by atoms with Crippen molar-refractivity contribution in [2.24, 2.45) is 0 Å². The van der Waals surface area contributed by atoms with Crippen molar-refractivity contribution in [3.63, 3.8) is 0 Å². The number of hydrogen-bond acceptors (Lipinski definition) is 4. The highest BCUT2D eigenvalue weighted by molar-refractivity contribution is 7.10. The van der Waals surface area contributed by atoms with E-state index in [9.17, 15) is 9.59 Å². The van der Waals surface area contributed by atoms with Gasteiger partial charge in [0.15, 0.2) is 0 Å². The predicted molar refractivity (Wildman–Crippen MR) is 91.2 cm³/mol. The average molecular weight is 338 g/mol. The number of aliphatic hydroxyl groups is 1. The molecule has 0 aromatic carbocycles. The van der Waals surface area contributed by atoms with E-state index in [-0.39, 0.29) is 31.3 Å². The van der Waals surface area contributed by atoms with Crippen molar-refractivity contribution < 1.29 is 14.7 Å². The number of carbonyl (C=O) groups is 2. The second kappa shape index (κ2) is 7.93. The number of thiophene rings is 1.